The Labute approximate surface area is 84.6 Å². The molecule has 3 N–H and O–H groups in total. The van der Waals surface area contributed by atoms with Crippen LogP contribution in [0.5, 0.6) is 0 Å². The first kappa shape index (κ1) is 9.15. The Kier molecular flexibility index (Phi) is 2.64. The Morgan fingerprint density at radius 1 is 1.46 bits per heavy atom. The maximum Gasteiger partial charge on any atom is 0.0894 e. The second-order valence-electron chi connectivity index (χ2n) is 2.93. The lowest BCUT2D eigenvalue weighted by molar-refractivity contribution is 0.174. The molecule has 70 valence electrons. The highest BCUT2D eigenvalue weighted by Gasteiger charge is 2.10. The lowest BCUT2D eigenvalue weighted by Gasteiger charge is -2.04. The average molecular weight is 213 g/mol. The Morgan fingerprint density at radius 3 is 3.00 bits per heavy atom. The summed E-state index contributed by atoms with van der Waals surface area (Å²) >= 11 is 3.35. The molecule has 1 unspecified atom stereocenters. The summed E-state index contributed by atoms with van der Waals surface area (Å²) in [6, 6.07) is 2.05. The van der Waals surface area contributed by atoms with E-state index in [-0.39, 0.29) is 6.10 Å². The smallest absolute Gasteiger partial charge is 0.0894 e. The van der Waals surface area contributed by atoms with Gasteiger partial charge in [0.15, 0.2) is 0 Å². The zero-order valence-electron chi connectivity index (χ0n) is 7.06. The zero-order valence-corrected chi connectivity index (χ0v) is 8.70. The van der Waals surface area contributed by atoms with Crippen LogP contribution in [0, 0.1) is 0 Å². The van der Waals surface area contributed by atoms with Gasteiger partial charge >= 0.3 is 0 Å². The molecule has 4 heteroatoms. The molecule has 2 aromatic rings. The Morgan fingerprint density at radius 2 is 2.31 bits per heavy atom. The predicted octanol–water partition coefficient (Wildman–Crippen LogP) is 2.35. The van der Waals surface area contributed by atoms with Crippen molar-refractivity contribution in [1.29, 1.82) is 0 Å². The number of hydrogen-bond donors (Lipinski definition) is 2. The number of thiophene rings is 2. The van der Waals surface area contributed by atoms with E-state index >= 15 is 0 Å². The number of fused-ring (bicyclic) bond motifs is 1. The van der Waals surface area contributed by atoms with Gasteiger partial charge in [-0.05, 0) is 24.4 Å². The van der Waals surface area contributed by atoms with Crippen molar-refractivity contribution in [3.63, 3.8) is 0 Å². The van der Waals surface area contributed by atoms with Crippen molar-refractivity contribution >= 4 is 32.8 Å². The zero-order chi connectivity index (χ0) is 9.26. The van der Waals surface area contributed by atoms with Crippen LogP contribution in [0.1, 0.15) is 17.4 Å². The Hall–Kier alpha value is -0.420. The van der Waals surface area contributed by atoms with Crippen LogP contribution < -0.4 is 5.73 Å². The maximum atomic E-state index is 9.67. The van der Waals surface area contributed by atoms with Crippen molar-refractivity contribution < 1.29 is 5.11 Å². The summed E-state index contributed by atoms with van der Waals surface area (Å²) in [5.41, 5.74) is 5.38. The minimum atomic E-state index is -0.382. The van der Waals surface area contributed by atoms with Gasteiger partial charge in [0.1, 0.15) is 0 Å². The quantitative estimate of drug-likeness (QED) is 0.822. The minimum absolute atomic E-state index is 0.382. The van der Waals surface area contributed by atoms with E-state index in [0.717, 1.165) is 4.88 Å². The lowest BCUT2D eigenvalue weighted by Crippen LogP contribution is -2.05. The van der Waals surface area contributed by atoms with Gasteiger partial charge in [-0.2, -0.15) is 11.3 Å². The second-order valence-corrected chi connectivity index (χ2v) is 4.79. The lowest BCUT2D eigenvalue weighted by atomic mass is 10.2. The SMILES string of the molecule is NCCC(O)c1cc2cscc2s1. The molecule has 0 bridgehead atoms. The highest BCUT2D eigenvalue weighted by atomic mass is 32.1. The summed E-state index contributed by atoms with van der Waals surface area (Å²) in [4.78, 5) is 1.03. The van der Waals surface area contributed by atoms with Crippen molar-refractivity contribution in [2.24, 2.45) is 5.73 Å². The van der Waals surface area contributed by atoms with Crippen molar-refractivity contribution in [1.82, 2.24) is 0 Å². The standard InChI is InChI=1S/C9H11NOS2/c10-2-1-7(11)8-3-6-4-12-5-9(6)13-8/h3-5,7,11H,1-2,10H2. The van der Waals surface area contributed by atoms with Crippen molar-refractivity contribution in [2.75, 3.05) is 6.54 Å². The van der Waals surface area contributed by atoms with Crippen LogP contribution in [-0.4, -0.2) is 11.7 Å². The monoisotopic (exact) mass is 213 g/mol. The molecule has 0 aliphatic carbocycles. The molecular formula is C9H11NOS2. The van der Waals surface area contributed by atoms with Gasteiger partial charge in [-0.1, -0.05) is 0 Å². The van der Waals surface area contributed by atoms with Gasteiger partial charge in [0, 0.05) is 20.3 Å². The second kappa shape index (κ2) is 3.75. The van der Waals surface area contributed by atoms with E-state index in [4.69, 9.17) is 5.73 Å². The fourth-order valence-electron chi connectivity index (χ4n) is 1.26. The molecule has 0 amide bonds. The third kappa shape index (κ3) is 1.76. The summed E-state index contributed by atoms with van der Waals surface area (Å²) in [6.45, 7) is 0.534. The molecular weight excluding hydrogens is 202 g/mol. The van der Waals surface area contributed by atoms with E-state index in [1.165, 1.54) is 10.1 Å². The highest BCUT2D eigenvalue weighted by Crippen LogP contribution is 2.33. The summed E-state index contributed by atoms with van der Waals surface area (Å²) in [5.74, 6) is 0. The number of aliphatic hydroxyl groups is 1. The van der Waals surface area contributed by atoms with Crippen molar-refractivity contribution in [3.05, 3.63) is 21.7 Å². The van der Waals surface area contributed by atoms with Crippen LogP contribution in [0.15, 0.2) is 16.8 Å². The number of aliphatic hydroxyl groups excluding tert-OH is 1. The van der Waals surface area contributed by atoms with Gasteiger partial charge in [0.05, 0.1) is 6.10 Å². The summed E-state index contributed by atoms with van der Waals surface area (Å²) < 4.78 is 1.26. The largest absolute Gasteiger partial charge is 0.388 e. The highest BCUT2D eigenvalue weighted by molar-refractivity contribution is 7.22. The van der Waals surface area contributed by atoms with E-state index in [0.29, 0.717) is 13.0 Å². The summed E-state index contributed by atoms with van der Waals surface area (Å²) in [7, 11) is 0. The van der Waals surface area contributed by atoms with Gasteiger partial charge in [0.25, 0.3) is 0 Å². The first-order valence-electron chi connectivity index (χ1n) is 4.15. The molecule has 0 radical (unpaired) electrons. The summed E-state index contributed by atoms with van der Waals surface area (Å²) in [6.07, 6.45) is 0.263. The molecule has 0 aliphatic rings. The minimum Gasteiger partial charge on any atom is -0.388 e. The topological polar surface area (TPSA) is 46.2 Å². The van der Waals surface area contributed by atoms with Crippen molar-refractivity contribution in [3.8, 4) is 0 Å². The van der Waals surface area contributed by atoms with Crippen LogP contribution in [0.2, 0.25) is 0 Å². The van der Waals surface area contributed by atoms with Gasteiger partial charge in [0.2, 0.25) is 0 Å². The molecule has 1 atom stereocenters. The van der Waals surface area contributed by atoms with E-state index in [1.54, 1.807) is 22.7 Å². The molecule has 2 heterocycles. The van der Waals surface area contributed by atoms with Crippen LogP contribution >= 0.6 is 22.7 Å². The number of rotatable bonds is 3. The fourth-order valence-corrected chi connectivity index (χ4v) is 3.29. The van der Waals surface area contributed by atoms with Gasteiger partial charge in [-0.15, -0.1) is 11.3 Å². The van der Waals surface area contributed by atoms with Crippen LogP contribution in [0.3, 0.4) is 0 Å². The molecule has 13 heavy (non-hydrogen) atoms. The van der Waals surface area contributed by atoms with E-state index in [9.17, 15) is 5.11 Å². The normalized spacial score (nSPS) is 13.7. The first-order chi connectivity index (χ1) is 6.31. The third-order valence-corrected chi connectivity index (χ3v) is 4.06. The van der Waals surface area contributed by atoms with Gasteiger partial charge in [-0.3, -0.25) is 0 Å². The third-order valence-electron chi connectivity index (χ3n) is 1.95. The Bertz CT molecular complexity index is 364. The fraction of sp³-hybridized carbons (Fsp3) is 0.333. The molecule has 0 saturated carbocycles. The van der Waals surface area contributed by atoms with Gasteiger partial charge < -0.3 is 10.8 Å². The maximum absolute atomic E-state index is 9.67. The molecule has 2 rings (SSSR count). The van der Waals surface area contributed by atoms with E-state index in [2.05, 4.69) is 16.8 Å². The van der Waals surface area contributed by atoms with Crippen LogP contribution in [0.4, 0.5) is 0 Å². The summed E-state index contributed by atoms with van der Waals surface area (Å²) in [5, 5.41) is 15.1. The predicted molar refractivity (Wildman–Crippen MR) is 58.3 cm³/mol. The van der Waals surface area contributed by atoms with E-state index in [1.807, 2.05) is 0 Å². The first-order valence-corrected chi connectivity index (χ1v) is 5.91. The number of hydrogen-bond acceptors (Lipinski definition) is 4. The van der Waals surface area contributed by atoms with E-state index < -0.39 is 0 Å². The Balaban J connectivity index is 2.28. The molecule has 2 nitrogen and oxygen atoms in total. The molecule has 0 saturated heterocycles. The molecule has 0 aliphatic heterocycles. The number of nitrogens with two attached hydrogens (primary N) is 1. The molecule has 2 aromatic heterocycles. The molecule has 0 spiro atoms. The van der Waals surface area contributed by atoms with Gasteiger partial charge in [-0.25, -0.2) is 0 Å². The average Bonchev–Trinajstić information content (AvgIpc) is 2.61. The van der Waals surface area contributed by atoms with Crippen LogP contribution in [0.25, 0.3) is 10.1 Å². The molecule has 0 fully saturated rings. The van der Waals surface area contributed by atoms with Crippen molar-refractivity contribution in [2.45, 2.75) is 12.5 Å². The van der Waals surface area contributed by atoms with Crippen LogP contribution in [-0.2, 0) is 0 Å². The molecule has 0 aromatic carbocycles.